The molecule has 4 heterocycles. The zero-order valence-electron chi connectivity index (χ0n) is 19.5. The van der Waals surface area contributed by atoms with Crippen LogP contribution in [0, 0.1) is 13.8 Å². The quantitative estimate of drug-likeness (QED) is 0.434. The van der Waals surface area contributed by atoms with Gasteiger partial charge in [0, 0.05) is 18.8 Å². The second-order valence-corrected chi connectivity index (χ2v) is 8.24. The predicted octanol–water partition coefficient (Wildman–Crippen LogP) is 1.87. The van der Waals surface area contributed by atoms with Crippen LogP contribution in [0.1, 0.15) is 17.1 Å². The topological polar surface area (TPSA) is 130 Å². The monoisotopic (exact) mass is 517 g/mol. The third kappa shape index (κ3) is 3.39. The summed E-state index contributed by atoms with van der Waals surface area (Å²) in [4.78, 5) is 47.5. The normalized spacial score (nSPS) is 16.9. The molecule has 0 spiro atoms. The molecule has 37 heavy (non-hydrogen) atoms. The summed E-state index contributed by atoms with van der Waals surface area (Å²) in [5.74, 6) is -2.88. The van der Waals surface area contributed by atoms with E-state index in [9.17, 15) is 27.6 Å². The first-order valence-electron chi connectivity index (χ1n) is 10.8. The molecule has 1 aromatic carbocycles. The summed E-state index contributed by atoms with van der Waals surface area (Å²) in [6.45, 7) is 2.88. The van der Waals surface area contributed by atoms with E-state index in [1.165, 1.54) is 31.4 Å². The molecule has 0 saturated heterocycles. The smallest absolute Gasteiger partial charge is 0.487 e. The molecule has 192 valence electrons. The maximum atomic E-state index is 13.7. The zero-order chi connectivity index (χ0) is 26.7. The number of amides is 1. The van der Waals surface area contributed by atoms with Gasteiger partial charge in [0.2, 0.25) is 5.54 Å². The summed E-state index contributed by atoms with van der Waals surface area (Å²) < 4.78 is 51.7. The van der Waals surface area contributed by atoms with Gasteiger partial charge in [-0.15, -0.1) is 4.73 Å². The van der Waals surface area contributed by atoms with Crippen molar-refractivity contribution < 1.29 is 36.9 Å². The Morgan fingerprint density at radius 2 is 1.95 bits per heavy atom. The average Bonchev–Trinajstić information content (AvgIpc) is 3.36. The fourth-order valence-electron chi connectivity index (χ4n) is 4.55. The number of carbonyl (C=O) groups excluding carboxylic acids is 2. The van der Waals surface area contributed by atoms with Crippen molar-refractivity contribution in [3.8, 4) is 16.9 Å². The number of nitrogens with one attached hydrogen (secondary N) is 1. The molecule has 1 amide bonds. The second-order valence-electron chi connectivity index (χ2n) is 8.24. The highest BCUT2D eigenvalue weighted by molar-refractivity contribution is 5.97. The zero-order valence-corrected chi connectivity index (χ0v) is 19.5. The van der Waals surface area contributed by atoms with Crippen molar-refractivity contribution in [1.29, 1.82) is 0 Å². The molecule has 5 rings (SSSR count). The molecular weight excluding hydrogens is 499 g/mol. The number of halogens is 3. The maximum absolute atomic E-state index is 13.7. The largest absolute Gasteiger partial charge is 0.493 e. The summed E-state index contributed by atoms with van der Waals surface area (Å²) in [5.41, 5.74) is -2.00. The first-order valence-corrected chi connectivity index (χ1v) is 10.8. The van der Waals surface area contributed by atoms with Gasteiger partial charge >= 0.3 is 17.8 Å². The molecule has 14 heteroatoms. The second kappa shape index (κ2) is 8.21. The average molecular weight is 517 g/mol. The van der Waals surface area contributed by atoms with Crippen molar-refractivity contribution in [2.75, 3.05) is 13.7 Å². The van der Waals surface area contributed by atoms with Gasteiger partial charge in [-0.1, -0.05) is 11.2 Å². The minimum atomic E-state index is -5.39. The maximum Gasteiger partial charge on any atom is 0.493 e. The summed E-state index contributed by atoms with van der Waals surface area (Å²) in [6, 6.07) is 7.39. The fraction of sp³-hybridized carbons (Fsp3) is 0.261. The molecule has 0 fully saturated rings. The summed E-state index contributed by atoms with van der Waals surface area (Å²) in [6.07, 6.45) is -4.00. The van der Waals surface area contributed by atoms with Crippen molar-refractivity contribution in [3.63, 3.8) is 0 Å². The number of aryl methyl sites for hydroxylation is 2. The van der Waals surface area contributed by atoms with Crippen LogP contribution in [-0.4, -0.2) is 51.1 Å². The number of carbonyl (C=O) groups is 2. The molecule has 11 nitrogen and oxygen atoms in total. The van der Waals surface area contributed by atoms with Crippen LogP contribution in [0.25, 0.3) is 22.2 Å². The molecule has 1 unspecified atom stereocenters. The highest BCUT2D eigenvalue weighted by atomic mass is 19.4. The molecule has 1 aliphatic heterocycles. The number of imidazole rings is 1. The van der Waals surface area contributed by atoms with E-state index >= 15 is 0 Å². The highest BCUT2D eigenvalue weighted by Gasteiger charge is 2.51. The minimum absolute atomic E-state index is 0.0567. The van der Waals surface area contributed by atoms with Gasteiger partial charge in [-0.2, -0.15) is 13.2 Å². The lowest BCUT2D eigenvalue weighted by Gasteiger charge is -2.36. The standard InChI is InChI=1S/C23H18F3N5O6/c1-11-16(12(2)36-29-11)13-7-8-14-17-18(13)35-10-22(19(32)27-3,15-6-4-5-9-28-15)30(17)21(34)31(14)37-20(33)23(24,25)26/h4-9H,10H2,1-3H3,(H,27,32). The van der Waals surface area contributed by atoms with Crippen LogP contribution >= 0.6 is 0 Å². The number of hydrogen-bond acceptors (Lipinski definition) is 8. The number of hydrogen-bond donors (Lipinski definition) is 1. The van der Waals surface area contributed by atoms with Crippen molar-refractivity contribution in [3.05, 3.63) is 64.2 Å². The lowest BCUT2D eigenvalue weighted by molar-refractivity contribution is -0.199. The van der Waals surface area contributed by atoms with Gasteiger partial charge in [-0.05, 0) is 38.1 Å². The number of likely N-dealkylation sites (N-methyl/N-ethyl adjacent to an activating group) is 1. The minimum Gasteiger partial charge on any atom is -0.487 e. The Balaban J connectivity index is 1.91. The van der Waals surface area contributed by atoms with E-state index in [1.54, 1.807) is 26.0 Å². The Kier molecular flexibility index (Phi) is 5.35. The Morgan fingerprint density at radius 1 is 1.19 bits per heavy atom. The van der Waals surface area contributed by atoms with Crippen LogP contribution in [0.2, 0.25) is 0 Å². The molecule has 4 aromatic rings. The van der Waals surface area contributed by atoms with Crippen LogP contribution in [0.3, 0.4) is 0 Å². The van der Waals surface area contributed by atoms with Gasteiger partial charge < -0.3 is 19.4 Å². The molecular formula is C23H18F3N5O6. The van der Waals surface area contributed by atoms with E-state index in [4.69, 9.17) is 9.26 Å². The lowest BCUT2D eigenvalue weighted by Crippen LogP contribution is -2.58. The third-order valence-electron chi connectivity index (χ3n) is 6.12. The Labute approximate surface area is 205 Å². The number of aromatic nitrogens is 4. The SMILES string of the molecule is CNC(=O)C1(c2ccccn2)COc2c(-c3c(C)noc3C)ccc3c2n1c(=O)n3OC(=O)C(F)(F)F. The van der Waals surface area contributed by atoms with E-state index in [-0.39, 0.29) is 27.2 Å². The molecule has 0 radical (unpaired) electrons. The van der Waals surface area contributed by atoms with Gasteiger partial charge in [0.15, 0.2) is 5.75 Å². The first-order chi connectivity index (χ1) is 17.5. The number of rotatable bonds is 4. The van der Waals surface area contributed by atoms with Crippen LogP contribution < -0.4 is 20.6 Å². The summed E-state index contributed by atoms with van der Waals surface area (Å²) >= 11 is 0. The number of pyridine rings is 1. The Morgan fingerprint density at radius 3 is 2.54 bits per heavy atom. The van der Waals surface area contributed by atoms with E-state index in [2.05, 4.69) is 20.3 Å². The first kappa shape index (κ1) is 24.1. The van der Waals surface area contributed by atoms with E-state index in [1.807, 2.05) is 0 Å². The van der Waals surface area contributed by atoms with Crippen molar-refractivity contribution >= 4 is 22.9 Å². The molecule has 3 aromatic heterocycles. The lowest BCUT2D eigenvalue weighted by atomic mass is 9.91. The third-order valence-corrected chi connectivity index (χ3v) is 6.12. The highest BCUT2D eigenvalue weighted by Crippen LogP contribution is 2.45. The van der Waals surface area contributed by atoms with E-state index in [0.717, 1.165) is 4.57 Å². The summed E-state index contributed by atoms with van der Waals surface area (Å²) in [5, 5.41) is 6.39. The molecule has 0 aliphatic carbocycles. The van der Waals surface area contributed by atoms with E-state index < -0.39 is 35.9 Å². The Bertz CT molecular complexity index is 1600. The molecule has 1 aliphatic rings. The molecule has 0 bridgehead atoms. The molecule has 1 atom stereocenters. The number of nitrogens with zero attached hydrogens (tertiary/aromatic N) is 4. The Hall–Kier alpha value is -4.62. The molecule has 1 N–H and O–H groups in total. The van der Waals surface area contributed by atoms with Gasteiger partial charge in [-0.25, -0.2) is 9.59 Å². The number of benzene rings is 1. The van der Waals surface area contributed by atoms with Gasteiger partial charge in [0.1, 0.15) is 23.4 Å². The van der Waals surface area contributed by atoms with Crippen molar-refractivity contribution in [2.24, 2.45) is 0 Å². The fourth-order valence-corrected chi connectivity index (χ4v) is 4.55. The summed E-state index contributed by atoms with van der Waals surface area (Å²) in [7, 11) is 1.33. The number of ether oxygens (including phenoxy) is 1. The van der Waals surface area contributed by atoms with Crippen molar-refractivity contribution in [1.82, 2.24) is 24.8 Å². The van der Waals surface area contributed by atoms with Crippen molar-refractivity contribution in [2.45, 2.75) is 25.6 Å². The van der Waals surface area contributed by atoms with Crippen LogP contribution in [0.15, 0.2) is 45.8 Å². The van der Waals surface area contributed by atoms with E-state index in [0.29, 0.717) is 22.6 Å². The van der Waals surface area contributed by atoms with Crippen LogP contribution in [-0.2, 0) is 15.1 Å². The molecule has 0 saturated carbocycles. The van der Waals surface area contributed by atoms with Gasteiger partial charge in [0.05, 0.1) is 17.0 Å². The number of alkyl halides is 3. The van der Waals surface area contributed by atoms with Crippen LogP contribution in [0.5, 0.6) is 5.75 Å². The van der Waals surface area contributed by atoms with Crippen LogP contribution in [0.4, 0.5) is 13.2 Å². The predicted molar refractivity (Wildman–Crippen MR) is 120 cm³/mol. The van der Waals surface area contributed by atoms with Gasteiger partial charge in [0.25, 0.3) is 5.91 Å². The van der Waals surface area contributed by atoms with Gasteiger partial charge in [-0.3, -0.25) is 14.3 Å².